The second-order valence-corrected chi connectivity index (χ2v) is 5.25. The summed E-state index contributed by atoms with van der Waals surface area (Å²) in [5.74, 6) is 0.471. The fourth-order valence-electron chi connectivity index (χ4n) is 2.11. The van der Waals surface area contributed by atoms with Crippen LogP contribution in [0.3, 0.4) is 0 Å². The average Bonchev–Trinajstić information content (AvgIpc) is 2.91. The van der Waals surface area contributed by atoms with Crippen LogP contribution in [0.15, 0.2) is 35.5 Å². The number of rotatable bonds is 4. The summed E-state index contributed by atoms with van der Waals surface area (Å²) in [5, 5.41) is 10.6. The van der Waals surface area contributed by atoms with Crippen LogP contribution in [0, 0.1) is 12.7 Å². The molecule has 0 aliphatic carbocycles. The van der Waals surface area contributed by atoms with Crippen LogP contribution in [-0.2, 0) is 13.6 Å². The predicted molar refractivity (Wildman–Crippen MR) is 86.1 cm³/mol. The van der Waals surface area contributed by atoms with E-state index in [1.165, 1.54) is 0 Å². The van der Waals surface area contributed by atoms with Gasteiger partial charge in [0.25, 0.3) is 0 Å². The Morgan fingerprint density at radius 2 is 2.18 bits per heavy atom. The Labute approximate surface area is 130 Å². The molecule has 0 spiro atoms. The van der Waals surface area contributed by atoms with Gasteiger partial charge in [-0.15, -0.1) is 0 Å². The van der Waals surface area contributed by atoms with Crippen molar-refractivity contribution in [3.63, 3.8) is 0 Å². The fraction of sp³-hybridized carbons (Fsp3) is 0.375. The van der Waals surface area contributed by atoms with Crippen molar-refractivity contribution in [2.45, 2.75) is 26.4 Å². The number of aromatic nitrogens is 2. The van der Waals surface area contributed by atoms with E-state index in [0.29, 0.717) is 18.1 Å². The number of guanidine groups is 1. The third-order valence-corrected chi connectivity index (χ3v) is 3.63. The largest absolute Gasteiger partial charge is 0.351 e. The van der Waals surface area contributed by atoms with Crippen molar-refractivity contribution in [3.05, 3.63) is 53.1 Å². The Morgan fingerprint density at radius 3 is 2.77 bits per heavy atom. The highest BCUT2D eigenvalue weighted by atomic mass is 19.1. The van der Waals surface area contributed by atoms with E-state index in [1.54, 1.807) is 37.0 Å². The highest BCUT2D eigenvalue weighted by Crippen LogP contribution is 2.16. The molecule has 1 aromatic carbocycles. The molecule has 22 heavy (non-hydrogen) atoms. The van der Waals surface area contributed by atoms with Crippen LogP contribution in [0.5, 0.6) is 0 Å². The van der Waals surface area contributed by atoms with Crippen LogP contribution in [-0.4, -0.2) is 22.8 Å². The zero-order valence-corrected chi connectivity index (χ0v) is 13.4. The second-order valence-electron chi connectivity index (χ2n) is 5.25. The molecule has 0 saturated heterocycles. The minimum absolute atomic E-state index is 0.0483. The molecule has 0 radical (unpaired) electrons. The lowest BCUT2D eigenvalue weighted by atomic mass is 10.1. The van der Waals surface area contributed by atoms with Crippen molar-refractivity contribution in [1.82, 2.24) is 20.4 Å². The first-order valence-corrected chi connectivity index (χ1v) is 7.21. The molecule has 0 aliphatic heterocycles. The quantitative estimate of drug-likeness (QED) is 0.673. The average molecular weight is 303 g/mol. The summed E-state index contributed by atoms with van der Waals surface area (Å²) in [6.07, 6.45) is 1.75. The van der Waals surface area contributed by atoms with Crippen LogP contribution in [0.2, 0.25) is 0 Å². The van der Waals surface area contributed by atoms with Gasteiger partial charge in [0.05, 0.1) is 18.3 Å². The van der Waals surface area contributed by atoms with Crippen LogP contribution in [0.4, 0.5) is 4.39 Å². The number of aliphatic imine (C=N–C) groups is 1. The Hall–Kier alpha value is -2.37. The van der Waals surface area contributed by atoms with Gasteiger partial charge in [0.15, 0.2) is 5.96 Å². The lowest BCUT2D eigenvalue weighted by Crippen LogP contribution is -2.38. The monoisotopic (exact) mass is 303 g/mol. The summed E-state index contributed by atoms with van der Waals surface area (Å²) in [6, 6.07) is 7.16. The minimum Gasteiger partial charge on any atom is -0.351 e. The van der Waals surface area contributed by atoms with Crippen LogP contribution in [0.25, 0.3) is 0 Å². The molecule has 2 N–H and O–H groups in total. The summed E-state index contributed by atoms with van der Waals surface area (Å²) >= 11 is 0. The number of hydrogen-bond acceptors (Lipinski definition) is 2. The molecule has 0 amide bonds. The molecule has 0 fully saturated rings. The first-order chi connectivity index (χ1) is 10.5. The fourth-order valence-corrected chi connectivity index (χ4v) is 2.11. The molecule has 0 bridgehead atoms. The number of nitrogens with one attached hydrogen (secondary N) is 2. The lowest BCUT2D eigenvalue weighted by molar-refractivity contribution is 0.606. The minimum atomic E-state index is -0.191. The highest BCUT2D eigenvalue weighted by molar-refractivity contribution is 5.80. The van der Waals surface area contributed by atoms with Gasteiger partial charge in [-0.3, -0.25) is 9.67 Å². The summed E-state index contributed by atoms with van der Waals surface area (Å²) in [7, 11) is 3.60. The lowest BCUT2D eigenvalue weighted by Gasteiger charge is -2.18. The van der Waals surface area contributed by atoms with Gasteiger partial charge in [0.2, 0.25) is 0 Å². The summed E-state index contributed by atoms with van der Waals surface area (Å²) in [6.45, 7) is 4.35. The molecule has 1 atom stereocenters. The molecule has 1 unspecified atom stereocenters. The molecule has 118 valence electrons. The van der Waals surface area contributed by atoms with Crippen LogP contribution in [0.1, 0.15) is 29.8 Å². The zero-order chi connectivity index (χ0) is 16.1. The van der Waals surface area contributed by atoms with E-state index in [4.69, 9.17) is 0 Å². The SMILES string of the molecule is CN=C(NCc1ccnn1C)NC(C)c1ccc(C)c(F)c1. The number of benzene rings is 1. The molecule has 2 aromatic rings. The van der Waals surface area contributed by atoms with Crippen LogP contribution >= 0.6 is 0 Å². The number of halogens is 1. The predicted octanol–water partition coefficient (Wildman–Crippen LogP) is 2.29. The first kappa shape index (κ1) is 16.0. The Bertz CT molecular complexity index is 662. The smallest absolute Gasteiger partial charge is 0.191 e. The third-order valence-electron chi connectivity index (χ3n) is 3.63. The van der Waals surface area contributed by atoms with E-state index < -0.39 is 0 Å². The van der Waals surface area contributed by atoms with E-state index in [2.05, 4.69) is 20.7 Å². The Morgan fingerprint density at radius 1 is 1.41 bits per heavy atom. The van der Waals surface area contributed by atoms with Gasteiger partial charge in [0, 0.05) is 20.3 Å². The van der Waals surface area contributed by atoms with Crippen molar-refractivity contribution < 1.29 is 4.39 Å². The van der Waals surface area contributed by atoms with Crippen molar-refractivity contribution in [2.75, 3.05) is 7.05 Å². The van der Waals surface area contributed by atoms with Gasteiger partial charge in [-0.2, -0.15) is 5.10 Å². The first-order valence-electron chi connectivity index (χ1n) is 7.21. The highest BCUT2D eigenvalue weighted by Gasteiger charge is 2.10. The number of nitrogens with zero attached hydrogens (tertiary/aromatic N) is 3. The maximum Gasteiger partial charge on any atom is 0.191 e. The number of hydrogen-bond donors (Lipinski definition) is 2. The molecule has 2 rings (SSSR count). The normalized spacial score (nSPS) is 13.0. The van der Waals surface area contributed by atoms with Gasteiger partial charge < -0.3 is 10.6 Å². The van der Waals surface area contributed by atoms with E-state index >= 15 is 0 Å². The molecular weight excluding hydrogens is 281 g/mol. The molecule has 6 heteroatoms. The van der Waals surface area contributed by atoms with Gasteiger partial charge in [-0.25, -0.2) is 4.39 Å². The topological polar surface area (TPSA) is 54.2 Å². The van der Waals surface area contributed by atoms with Crippen molar-refractivity contribution in [2.24, 2.45) is 12.0 Å². The van der Waals surface area contributed by atoms with Crippen molar-refractivity contribution in [1.29, 1.82) is 0 Å². The maximum absolute atomic E-state index is 13.7. The van der Waals surface area contributed by atoms with E-state index in [0.717, 1.165) is 11.3 Å². The van der Waals surface area contributed by atoms with Gasteiger partial charge >= 0.3 is 0 Å². The molecule has 0 saturated carbocycles. The second kappa shape index (κ2) is 7.06. The molecule has 5 nitrogen and oxygen atoms in total. The van der Waals surface area contributed by atoms with Gasteiger partial charge in [-0.05, 0) is 37.1 Å². The van der Waals surface area contributed by atoms with Crippen LogP contribution < -0.4 is 10.6 Å². The van der Waals surface area contributed by atoms with Gasteiger partial charge in [-0.1, -0.05) is 12.1 Å². The van der Waals surface area contributed by atoms with Crippen molar-refractivity contribution in [3.8, 4) is 0 Å². The van der Waals surface area contributed by atoms with E-state index in [1.807, 2.05) is 26.1 Å². The van der Waals surface area contributed by atoms with E-state index in [-0.39, 0.29) is 11.9 Å². The number of aryl methyl sites for hydroxylation is 2. The standard InChI is InChI=1S/C16H22FN5/c1-11-5-6-13(9-15(11)17)12(2)21-16(18-3)19-10-14-7-8-20-22(14)4/h5-9,12H,10H2,1-4H3,(H2,18,19,21). The molecule has 0 aliphatic rings. The Balaban J connectivity index is 1.97. The zero-order valence-electron chi connectivity index (χ0n) is 13.4. The Kier molecular flexibility index (Phi) is 5.14. The molecular formula is C16H22FN5. The van der Waals surface area contributed by atoms with Gasteiger partial charge in [0.1, 0.15) is 5.82 Å². The molecule has 1 heterocycles. The summed E-state index contributed by atoms with van der Waals surface area (Å²) < 4.78 is 15.5. The van der Waals surface area contributed by atoms with E-state index in [9.17, 15) is 4.39 Å². The maximum atomic E-state index is 13.7. The third kappa shape index (κ3) is 3.84. The van der Waals surface area contributed by atoms with Crippen molar-refractivity contribution >= 4 is 5.96 Å². The summed E-state index contributed by atoms with van der Waals surface area (Å²) in [4.78, 5) is 4.19. The summed E-state index contributed by atoms with van der Waals surface area (Å²) in [5.41, 5.74) is 2.58. The molecule has 1 aromatic heterocycles.